The van der Waals surface area contributed by atoms with Crippen LogP contribution in [0.1, 0.15) is 25.0 Å². The van der Waals surface area contributed by atoms with Crippen LogP contribution in [-0.2, 0) is 11.2 Å². The van der Waals surface area contributed by atoms with E-state index in [1.54, 1.807) is 12.1 Å². The third-order valence-corrected chi connectivity index (χ3v) is 3.20. The molecule has 1 N–H and O–H groups in total. The molecule has 0 radical (unpaired) electrons. The molecule has 0 atom stereocenters. The third-order valence-electron chi connectivity index (χ3n) is 3.20. The molecule has 0 saturated carbocycles. The first-order valence-electron chi connectivity index (χ1n) is 7.51. The smallest absolute Gasteiger partial charge is 0.387 e. The fourth-order valence-electron chi connectivity index (χ4n) is 2.26. The summed E-state index contributed by atoms with van der Waals surface area (Å²) >= 11 is 0. The van der Waals surface area contributed by atoms with Crippen molar-refractivity contribution >= 4 is 11.6 Å². The number of benzene rings is 2. The SMILES string of the molecule is CC(C)=CC(=O)Nc1ccc(OC(F)F)c(Cc2ccccc2)c1. The molecular formula is C19H19F2NO2. The lowest BCUT2D eigenvalue weighted by atomic mass is 10.0. The van der Waals surface area contributed by atoms with Crippen LogP contribution in [0, 0.1) is 0 Å². The van der Waals surface area contributed by atoms with E-state index in [9.17, 15) is 13.6 Å². The summed E-state index contributed by atoms with van der Waals surface area (Å²) in [4.78, 5) is 11.8. The number of carbonyl (C=O) groups is 1. The molecule has 2 aromatic rings. The summed E-state index contributed by atoms with van der Waals surface area (Å²) in [5.41, 5.74) is 2.95. The van der Waals surface area contributed by atoms with Gasteiger partial charge in [-0.2, -0.15) is 8.78 Å². The first kappa shape index (κ1) is 17.7. The second kappa shape index (κ2) is 8.24. The predicted molar refractivity (Wildman–Crippen MR) is 90.4 cm³/mol. The van der Waals surface area contributed by atoms with E-state index in [4.69, 9.17) is 0 Å². The standard InChI is InChI=1S/C19H19F2NO2/c1-13(2)10-18(23)22-16-8-9-17(24-19(20)21)15(12-16)11-14-6-4-3-5-7-14/h3-10,12,19H,11H2,1-2H3,(H,22,23). The maximum Gasteiger partial charge on any atom is 0.387 e. The van der Waals surface area contributed by atoms with Crippen LogP contribution in [0.15, 0.2) is 60.2 Å². The van der Waals surface area contributed by atoms with Gasteiger partial charge in [0, 0.05) is 23.7 Å². The molecule has 5 heteroatoms. The van der Waals surface area contributed by atoms with Crippen molar-refractivity contribution in [3.8, 4) is 5.75 Å². The summed E-state index contributed by atoms with van der Waals surface area (Å²) < 4.78 is 29.8. The van der Waals surface area contributed by atoms with E-state index in [0.29, 0.717) is 17.7 Å². The number of ether oxygens (including phenoxy) is 1. The van der Waals surface area contributed by atoms with E-state index in [1.807, 2.05) is 44.2 Å². The van der Waals surface area contributed by atoms with E-state index < -0.39 is 6.61 Å². The summed E-state index contributed by atoms with van der Waals surface area (Å²) in [6.07, 6.45) is 1.90. The molecule has 1 amide bonds. The summed E-state index contributed by atoms with van der Waals surface area (Å²) in [5, 5.41) is 2.72. The number of nitrogens with one attached hydrogen (secondary N) is 1. The fraction of sp³-hybridized carbons (Fsp3) is 0.211. The first-order valence-corrected chi connectivity index (χ1v) is 7.51. The quantitative estimate of drug-likeness (QED) is 0.773. The lowest BCUT2D eigenvalue weighted by Gasteiger charge is -2.13. The van der Waals surface area contributed by atoms with Gasteiger partial charge in [-0.25, -0.2) is 0 Å². The number of allylic oxidation sites excluding steroid dienone is 1. The monoisotopic (exact) mass is 331 g/mol. The van der Waals surface area contributed by atoms with Gasteiger partial charge in [-0.05, 0) is 37.6 Å². The molecule has 0 aliphatic carbocycles. The van der Waals surface area contributed by atoms with E-state index in [2.05, 4.69) is 10.1 Å². The third kappa shape index (κ3) is 5.50. The van der Waals surface area contributed by atoms with Gasteiger partial charge in [-0.15, -0.1) is 0 Å². The maximum absolute atomic E-state index is 12.6. The molecule has 0 unspecified atom stereocenters. The topological polar surface area (TPSA) is 38.3 Å². The van der Waals surface area contributed by atoms with E-state index >= 15 is 0 Å². The predicted octanol–water partition coefficient (Wildman–Crippen LogP) is 4.78. The molecule has 0 fully saturated rings. The average molecular weight is 331 g/mol. The molecule has 0 aromatic heterocycles. The molecule has 126 valence electrons. The van der Waals surface area contributed by atoms with E-state index in [1.165, 1.54) is 12.1 Å². The molecule has 0 spiro atoms. The van der Waals surface area contributed by atoms with Gasteiger partial charge in [0.15, 0.2) is 0 Å². The van der Waals surface area contributed by atoms with Crippen molar-refractivity contribution < 1.29 is 18.3 Å². The lowest BCUT2D eigenvalue weighted by Crippen LogP contribution is -2.10. The first-order chi connectivity index (χ1) is 11.4. The van der Waals surface area contributed by atoms with Gasteiger partial charge < -0.3 is 10.1 Å². The largest absolute Gasteiger partial charge is 0.435 e. The van der Waals surface area contributed by atoms with Crippen molar-refractivity contribution in [2.45, 2.75) is 26.9 Å². The van der Waals surface area contributed by atoms with Gasteiger partial charge in [0.25, 0.3) is 0 Å². The Morgan fingerprint density at radius 2 is 1.88 bits per heavy atom. The Balaban J connectivity index is 2.27. The highest BCUT2D eigenvalue weighted by Crippen LogP contribution is 2.27. The minimum absolute atomic E-state index is 0.106. The minimum Gasteiger partial charge on any atom is -0.435 e. The van der Waals surface area contributed by atoms with Gasteiger partial charge in [0.1, 0.15) is 5.75 Å². The van der Waals surface area contributed by atoms with Gasteiger partial charge in [0.05, 0.1) is 0 Å². The van der Waals surface area contributed by atoms with Crippen LogP contribution in [-0.4, -0.2) is 12.5 Å². The molecule has 2 rings (SSSR count). The van der Waals surface area contributed by atoms with Crippen LogP contribution in [0.3, 0.4) is 0 Å². The van der Waals surface area contributed by atoms with Crippen molar-refractivity contribution in [1.82, 2.24) is 0 Å². The summed E-state index contributed by atoms with van der Waals surface area (Å²) in [6.45, 7) is 0.741. The second-order valence-electron chi connectivity index (χ2n) is 5.57. The van der Waals surface area contributed by atoms with Crippen LogP contribution in [0.4, 0.5) is 14.5 Å². The average Bonchev–Trinajstić information content (AvgIpc) is 2.49. The number of hydrogen-bond acceptors (Lipinski definition) is 2. The number of alkyl halides is 2. The van der Waals surface area contributed by atoms with Crippen LogP contribution in [0.2, 0.25) is 0 Å². The molecule has 0 bridgehead atoms. The normalized spacial score (nSPS) is 10.4. The van der Waals surface area contributed by atoms with Crippen LogP contribution < -0.4 is 10.1 Å². The van der Waals surface area contributed by atoms with Gasteiger partial charge >= 0.3 is 6.61 Å². The highest BCUT2D eigenvalue weighted by atomic mass is 19.3. The van der Waals surface area contributed by atoms with Gasteiger partial charge in [0.2, 0.25) is 5.91 Å². The summed E-state index contributed by atoms with van der Waals surface area (Å²) in [7, 11) is 0. The number of anilines is 1. The number of hydrogen-bond donors (Lipinski definition) is 1. The Hall–Kier alpha value is -2.69. The molecule has 0 heterocycles. The zero-order chi connectivity index (χ0) is 17.5. The Labute approximate surface area is 140 Å². The number of rotatable bonds is 6. The molecular weight excluding hydrogens is 312 g/mol. The fourth-order valence-corrected chi connectivity index (χ4v) is 2.26. The summed E-state index contributed by atoms with van der Waals surface area (Å²) in [5.74, 6) is -0.155. The zero-order valence-corrected chi connectivity index (χ0v) is 13.6. The van der Waals surface area contributed by atoms with Crippen molar-refractivity contribution in [2.24, 2.45) is 0 Å². The Kier molecular flexibility index (Phi) is 6.07. The van der Waals surface area contributed by atoms with Crippen molar-refractivity contribution in [3.63, 3.8) is 0 Å². The minimum atomic E-state index is -2.90. The van der Waals surface area contributed by atoms with Crippen LogP contribution in [0.25, 0.3) is 0 Å². The second-order valence-corrected chi connectivity index (χ2v) is 5.57. The number of amides is 1. The van der Waals surface area contributed by atoms with Gasteiger partial charge in [-0.3, -0.25) is 4.79 Å². The molecule has 2 aromatic carbocycles. The molecule has 0 aliphatic heterocycles. The number of carbonyl (C=O) groups excluding carboxylic acids is 1. The van der Waals surface area contributed by atoms with Crippen molar-refractivity contribution in [1.29, 1.82) is 0 Å². The Morgan fingerprint density at radius 1 is 1.17 bits per heavy atom. The zero-order valence-electron chi connectivity index (χ0n) is 13.6. The maximum atomic E-state index is 12.6. The molecule has 0 aliphatic rings. The lowest BCUT2D eigenvalue weighted by molar-refractivity contribution is -0.112. The number of halogens is 2. The van der Waals surface area contributed by atoms with E-state index in [0.717, 1.165) is 11.1 Å². The van der Waals surface area contributed by atoms with Crippen LogP contribution in [0.5, 0.6) is 5.75 Å². The van der Waals surface area contributed by atoms with Crippen LogP contribution >= 0.6 is 0 Å². The highest BCUT2D eigenvalue weighted by Gasteiger charge is 2.12. The Bertz CT molecular complexity index is 723. The van der Waals surface area contributed by atoms with Crippen molar-refractivity contribution in [3.05, 3.63) is 71.3 Å². The molecule has 0 saturated heterocycles. The van der Waals surface area contributed by atoms with E-state index in [-0.39, 0.29) is 11.7 Å². The van der Waals surface area contributed by atoms with Gasteiger partial charge in [-0.1, -0.05) is 35.9 Å². The van der Waals surface area contributed by atoms with Crippen molar-refractivity contribution in [2.75, 3.05) is 5.32 Å². The highest BCUT2D eigenvalue weighted by molar-refractivity contribution is 5.99. The molecule has 24 heavy (non-hydrogen) atoms. The Morgan fingerprint density at radius 3 is 2.50 bits per heavy atom. The summed E-state index contributed by atoms with van der Waals surface area (Å²) in [6, 6.07) is 14.1. The molecule has 3 nitrogen and oxygen atoms in total.